The van der Waals surface area contributed by atoms with Gasteiger partial charge in [-0.25, -0.2) is 4.68 Å². The summed E-state index contributed by atoms with van der Waals surface area (Å²) >= 11 is 0. The predicted octanol–water partition coefficient (Wildman–Crippen LogP) is 4.50. The predicted molar refractivity (Wildman–Crippen MR) is 138 cm³/mol. The molecule has 1 aromatic heterocycles. The Morgan fingerprint density at radius 2 is 1.80 bits per heavy atom. The van der Waals surface area contributed by atoms with Crippen LogP contribution in [-0.2, 0) is 18.3 Å². The van der Waals surface area contributed by atoms with Crippen LogP contribution in [0.5, 0.6) is 17.4 Å². The number of aryl methyl sites for hydroxylation is 1. The smallest absolute Gasteiger partial charge is 0.222 e. The standard InChI is InChI=1S/C28H35N3O4/c1-6-17-34-20-23(32)18-31(21(3)7-2)19-24-27(22-13-9-8-10-14-22)29-30(4)28(24)35-26-16-12-11-15-25(26)33-5/h1,8-16,21,23,32H,7,17-20H2,2-5H3/t21-,23+/m1/s1. The van der Waals surface area contributed by atoms with Crippen LogP contribution in [0.1, 0.15) is 25.8 Å². The minimum atomic E-state index is -0.673. The van der Waals surface area contributed by atoms with Gasteiger partial charge in [0.15, 0.2) is 11.5 Å². The van der Waals surface area contributed by atoms with Crippen molar-refractivity contribution in [3.05, 3.63) is 60.2 Å². The maximum Gasteiger partial charge on any atom is 0.222 e. The molecular formula is C28H35N3O4. The van der Waals surface area contributed by atoms with Gasteiger partial charge in [-0.15, -0.1) is 6.42 Å². The van der Waals surface area contributed by atoms with Gasteiger partial charge < -0.3 is 19.3 Å². The highest BCUT2D eigenvalue weighted by molar-refractivity contribution is 5.66. The molecule has 2 atom stereocenters. The second-order valence-electron chi connectivity index (χ2n) is 8.43. The average molecular weight is 478 g/mol. The average Bonchev–Trinajstić information content (AvgIpc) is 3.18. The van der Waals surface area contributed by atoms with Crippen LogP contribution >= 0.6 is 0 Å². The van der Waals surface area contributed by atoms with Gasteiger partial charge in [0.1, 0.15) is 12.3 Å². The number of hydrogen-bond acceptors (Lipinski definition) is 6. The van der Waals surface area contributed by atoms with E-state index in [1.54, 1.807) is 11.8 Å². The molecule has 35 heavy (non-hydrogen) atoms. The van der Waals surface area contributed by atoms with E-state index in [2.05, 4.69) is 24.7 Å². The van der Waals surface area contributed by atoms with Crippen LogP contribution in [0.15, 0.2) is 54.6 Å². The fourth-order valence-corrected chi connectivity index (χ4v) is 3.90. The van der Waals surface area contributed by atoms with Crippen LogP contribution in [0.25, 0.3) is 11.3 Å². The second-order valence-corrected chi connectivity index (χ2v) is 8.43. The lowest BCUT2D eigenvalue weighted by molar-refractivity contribution is 0.0169. The Bertz CT molecular complexity index is 1110. The fourth-order valence-electron chi connectivity index (χ4n) is 3.90. The van der Waals surface area contributed by atoms with Gasteiger partial charge in [-0.1, -0.05) is 55.3 Å². The first-order valence-electron chi connectivity index (χ1n) is 11.8. The number of aliphatic hydroxyl groups excluding tert-OH is 1. The highest BCUT2D eigenvalue weighted by Gasteiger charge is 2.26. The molecule has 186 valence electrons. The van der Waals surface area contributed by atoms with Crippen LogP contribution in [-0.4, -0.2) is 58.8 Å². The van der Waals surface area contributed by atoms with Crippen LogP contribution in [0.2, 0.25) is 0 Å². The zero-order chi connectivity index (χ0) is 25.2. The Hall–Kier alpha value is -3.31. The molecule has 0 fully saturated rings. The number of para-hydroxylation sites is 2. The number of aromatic nitrogens is 2. The van der Waals surface area contributed by atoms with Gasteiger partial charge in [-0.3, -0.25) is 4.90 Å². The number of terminal acetylenes is 1. The number of benzene rings is 2. The van der Waals surface area contributed by atoms with Gasteiger partial charge in [-0.2, -0.15) is 5.10 Å². The van der Waals surface area contributed by atoms with Gasteiger partial charge in [0, 0.05) is 31.7 Å². The SMILES string of the molecule is C#CCOC[C@@H](O)CN(Cc1c(-c2ccccc2)nn(C)c1Oc1ccccc1OC)[C@H](C)CC. The number of nitrogens with zero attached hydrogens (tertiary/aromatic N) is 3. The highest BCUT2D eigenvalue weighted by atomic mass is 16.5. The minimum Gasteiger partial charge on any atom is -0.493 e. The second kappa shape index (κ2) is 13.0. The molecule has 0 unspecified atom stereocenters. The minimum absolute atomic E-state index is 0.179. The van der Waals surface area contributed by atoms with Crippen LogP contribution in [0, 0.1) is 12.3 Å². The van der Waals surface area contributed by atoms with Crippen LogP contribution in [0.3, 0.4) is 0 Å². The van der Waals surface area contributed by atoms with E-state index in [1.807, 2.05) is 61.6 Å². The topological polar surface area (TPSA) is 69.0 Å². The third-order valence-electron chi connectivity index (χ3n) is 5.93. The van der Waals surface area contributed by atoms with Crippen molar-refractivity contribution in [2.45, 2.75) is 39.0 Å². The third kappa shape index (κ3) is 6.86. The molecule has 0 radical (unpaired) electrons. The summed E-state index contributed by atoms with van der Waals surface area (Å²) < 4.78 is 19.0. The Morgan fingerprint density at radius 3 is 2.46 bits per heavy atom. The summed E-state index contributed by atoms with van der Waals surface area (Å²) in [6, 6.07) is 17.8. The fraction of sp³-hybridized carbons (Fsp3) is 0.393. The van der Waals surface area contributed by atoms with E-state index < -0.39 is 6.10 Å². The zero-order valence-electron chi connectivity index (χ0n) is 21.0. The van der Waals surface area contributed by atoms with E-state index >= 15 is 0 Å². The van der Waals surface area contributed by atoms with Crippen molar-refractivity contribution in [3.63, 3.8) is 0 Å². The molecule has 7 heteroatoms. The first kappa shape index (κ1) is 26.3. The number of rotatable bonds is 13. The Balaban J connectivity index is 2.00. The Labute approximate surface area is 208 Å². The molecule has 0 saturated heterocycles. The van der Waals surface area contributed by atoms with Gasteiger partial charge in [0.2, 0.25) is 5.88 Å². The molecule has 0 saturated carbocycles. The summed E-state index contributed by atoms with van der Waals surface area (Å²) in [5, 5.41) is 15.5. The summed E-state index contributed by atoms with van der Waals surface area (Å²) in [4.78, 5) is 2.22. The summed E-state index contributed by atoms with van der Waals surface area (Å²) in [7, 11) is 3.49. The van der Waals surface area contributed by atoms with Gasteiger partial charge in [-0.05, 0) is 25.5 Å². The molecule has 0 spiro atoms. The van der Waals surface area contributed by atoms with Crippen molar-refractivity contribution < 1.29 is 19.3 Å². The Kier molecular flexibility index (Phi) is 9.74. The van der Waals surface area contributed by atoms with Crippen LogP contribution in [0.4, 0.5) is 0 Å². The molecular weight excluding hydrogens is 442 g/mol. The van der Waals surface area contributed by atoms with Gasteiger partial charge in [0.25, 0.3) is 0 Å². The molecule has 0 aliphatic carbocycles. The molecule has 0 aliphatic heterocycles. The van der Waals surface area contributed by atoms with E-state index in [0.717, 1.165) is 23.2 Å². The molecule has 0 aliphatic rings. The first-order valence-corrected chi connectivity index (χ1v) is 11.8. The van der Waals surface area contributed by atoms with Crippen molar-refractivity contribution in [2.75, 3.05) is 26.9 Å². The van der Waals surface area contributed by atoms with E-state index in [-0.39, 0.29) is 19.3 Å². The molecule has 1 heterocycles. The van der Waals surface area contributed by atoms with E-state index in [1.165, 1.54) is 0 Å². The maximum absolute atomic E-state index is 10.6. The maximum atomic E-state index is 10.6. The van der Waals surface area contributed by atoms with Crippen LogP contribution < -0.4 is 9.47 Å². The van der Waals surface area contributed by atoms with Crippen molar-refractivity contribution >= 4 is 0 Å². The molecule has 0 amide bonds. The summed E-state index contributed by atoms with van der Waals surface area (Å²) in [5.41, 5.74) is 2.76. The van der Waals surface area contributed by atoms with E-state index in [0.29, 0.717) is 30.5 Å². The van der Waals surface area contributed by atoms with E-state index in [4.69, 9.17) is 25.7 Å². The van der Waals surface area contributed by atoms with Crippen molar-refractivity contribution in [2.24, 2.45) is 7.05 Å². The normalized spacial score (nSPS) is 12.8. The summed E-state index contributed by atoms with van der Waals surface area (Å²) in [5.74, 6) is 4.31. The highest BCUT2D eigenvalue weighted by Crippen LogP contribution is 2.37. The number of methoxy groups -OCH3 is 1. The quantitative estimate of drug-likeness (QED) is 0.289. The zero-order valence-corrected chi connectivity index (χ0v) is 21.0. The summed E-state index contributed by atoms with van der Waals surface area (Å²) in [6.07, 6.45) is 5.51. The van der Waals surface area contributed by atoms with E-state index in [9.17, 15) is 5.11 Å². The lowest BCUT2D eigenvalue weighted by atomic mass is 10.1. The molecule has 2 aromatic carbocycles. The molecule has 3 rings (SSSR count). The number of ether oxygens (including phenoxy) is 3. The van der Waals surface area contributed by atoms with Gasteiger partial charge >= 0.3 is 0 Å². The first-order chi connectivity index (χ1) is 17.0. The monoisotopic (exact) mass is 477 g/mol. The van der Waals surface area contributed by atoms with Crippen molar-refractivity contribution in [3.8, 4) is 41.0 Å². The molecule has 7 nitrogen and oxygen atoms in total. The summed E-state index contributed by atoms with van der Waals surface area (Å²) in [6.45, 7) is 5.60. The Morgan fingerprint density at radius 1 is 1.11 bits per heavy atom. The lowest BCUT2D eigenvalue weighted by Gasteiger charge is -2.30. The number of hydrogen-bond donors (Lipinski definition) is 1. The molecule has 0 bridgehead atoms. The third-order valence-corrected chi connectivity index (χ3v) is 5.93. The van der Waals surface area contributed by atoms with Crippen molar-refractivity contribution in [1.29, 1.82) is 0 Å². The largest absolute Gasteiger partial charge is 0.493 e. The number of aliphatic hydroxyl groups is 1. The van der Waals surface area contributed by atoms with Crippen molar-refractivity contribution in [1.82, 2.24) is 14.7 Å². The van der Waals surface area contributed by atoms with Gasteiger partial charge in [0.05, 0.1) is 25.4 Å². The lowest BCUT2D eigenvalue weighted by Crippen LogP contribution is -2.40. The molecule has 1 N–H and O–H groups in total. The molecule has 3 aromatic rings.